The van der Waals surface area contributed by atoms with Crippen LogP contribution in [0.1, 0.15) is 32.6 Å². The van der Waals surface area contributed by atoms with E-state index in [4.69, 9.17) is 0 Å². The van der Waals surface area contributed by atoms with Gasteiger partial charge in [0, 0.05) is 39.3 Å². The van der Waals surface area contributed by atoms with E-state index in [9.17, 15) is 8.42 Å². The van der Waals surface area contributed by atoms with Gasteiger partial charge < -0.3 is 15.5 Å². The summed E-state index contributed by atoms with van der Waals surface area (Å²) < 4.78 is 24.4. The van der Waals surface area contributed by atoms with Crippen molar-refractivity contribution in [1.29, 1.82) is 0 Å². The number of guanidine groups is 1. The first-order valence-electron chi connectivity index (χ1n) is 8.08. The van der Waals surface area contributed by atoms with Crippen LogP contribution < -0.4 is 15.4 Å². The predicted molar refractivity (Wildman–Crippen MR) is 91.7 cm³/mol. The highest BCUT2D eigenvalue weighted by atomic mass is 32.2. The summed E-state index contributed by atoms with van der Waals surface area (Å²) in [6, 6.07) is 0.466. The molecule has 8 heteroatoms. The Bertz CT molecular complexity index is 431. The molecule has 1 rings (SSSR count). The minimum atomic E-state index is -3.09. The molecule has 0 bridgehead atoms. The molecule has 0 unspecified atom stereocenters. The van der Waals surface area contributed by atoms with Crippen molar-refractivity contribution in [2.75, 3.05) is 46.0 Å². The zero-order chi connectivity index (χ0) is 16.4. The molecule has 0 aliphatic carbocycles. The Kier molecular flexibility index (Phi) is 8.74. The number of sulfonamides is 1. The number of nitrogens with one attached hydrogen (secondary N) is 3. The lowest BCUT2D eigenvalue weighted by Crippen LogP contribution is -2.49. The van der Waals surface area contributed by atoms with Crippen molar-refractivity contribution in [2.24, 2.45) is 4.99 Å². The Morgan fingerprint density at radius 2 is 1.95 bits per heavy atom. The van der Waals surface area contributed by atoms with E-state index < -0.39 is 10.0 Å². The monoisotopic (exact) mass is 333 g/mol. The number of nitrogens with zero attached hydrogens (tertiary/aromatic N) is 2. The van der Waals surface area contributed by atoms with Gasteiger partial charge in [-0.1, -0.05) is 6.92 Å². The van der Waals surface area contributed by atoms with Gasteiger partial charge in [0.05, 0.1) is 6.26 Å². The summed E-state index contributed by atoms with van der Waals surface area (Å²) in [7, 11) is -1.33. The lowest BCUT2D eigenvalue weighted by molar-refractivity contribution is 0.206. The zero-order valence-electron chi connectivity index (χ0n) is 14.1. The van der Waals surface area contributed by atoms with Crippen LogP contribution in [-0.4, -0.2) is 71.3 Å². The second-order valence-corrected chi connectivity index (χ2v) is 7.61. The maximum Gasteiger partial charge on any atom is 0.208 e. The first kappa shape index (κ1) is 19.2. The minimum absolute atomic E-state index is 0.443. The molecule has 130 valence electrons. The molecule has 3 N–H and O–H groups in total. The Hall–Kier alpha value is -0.860. The van der Waals surface area contributed by atoms with Crippen molar-refractivity contribution >= 4 is 16.0 Å². The fourth-order valence-corrected chi connectivity index (χ4v) is 3.07. The highest BCUT2D eigenvalue weighted by molar-refractivity contribution is 7.88. The molecule has 1 aliphatic rings. The van der Waals surface area contributed by atoms with Crippen LogP contribution in [-0.2, 0) is 10.0 Å². The normalized spacial score (nSPS) is 18.4. The predicted octanol–water partition coefficient (Wildman–Crippen LogP) is -0.0349. The molecule has 1 saturated heterocycles. The van der Waals surface area contributed by atoms with Crippen molar-refractivity contribution in [2.45, 2.75) is 38.6 Å². The molecule has 7 nitrogen and oxygen atoms in total. The summed E-state index contributed by atoms with van der Waals surface area (Å²) in [5, 5.41) is 6.68. The first-order valence-corrected chi connectivity index (χ1v) is 9.98. The van der Waals surface area contributed by atoms with Crippen molar-refractivity contribution < 1.29 is 8.42 Å². The molecule has 0 aromatic heterocycles. The van der Waals surface area contributed by atoms with Crippen LogP contribution in [0.3, 0.4) is 0 Å². The third kappa shape index (κ3) is 8.55. The van der Waals surface area contributed by atoms with Crippen molar-refractivity contribution in [3.63, 3.8) is 0 Å². The average molecular weight is 334 g/mol. The van der Waals surface area contributed by atoms with Gasteiger partial charge in [0.2, 0.25) is 10.0 Å². The number of piperidine rings is 1. The van der Waals surface area contributed by atoms with E-state index in [1.165, 1.54) is 19.2 Å². The number of likely N-dealkylation sites (tertiary alicyclic amines) is 1. The van der Waals surface area contributed by atoms with Crippen LogP contribution in [0.2, 0.25) is 0 Å². The maximum absolute atomic E-state index is 10.9. The molecule has 0 aromatic rings. The van der Waals surface area contributed by atoms with E-state index in [0.29, 0.717) is 19.1 Å². The molecule has 1 heterocycles. The summed E-state index contributed by atoms with van der Waals surface area (Å²) in [5.74, 6) is 0.799. The van der Waals surface area contributed by atoms with E-state index >= 15 is 0 Å². The van der Waals surface area contributed by atoms with Gasteiger partial charge in [0.1, 0.15) is 0 Å². The SMILES string of the molecule is CCCN1CCC(NC(=NC)NCCCNS(C)(=O)=O)CC1. The lowest BCUT2D eigenvalue weighted by Gasteiger charge is -2.32. The van der Waals surface area contributed by atoms with Gasteiger partial charge in [-0.3, -0.25) is 4.99 Å². The number of hydrogen-bond donors (Lipinski definition) is 3. The Labute approximate surface area is 135 Å². The minimum Gasteiger partial charge on any atom is -0.356 e. The zero-order valence-corrected chi connectivity index (χ0v) is 14.9. The average Bonchev–Trinajstić information content (AvgIpc) is 2.46. The second-order valence-electron chi connectivity index (χ2n) is 5.78. The van der Waals surface area contributed by atoms with Gasteiger partial charge >= 0.3 is 0 Å². The Balaban J connectivity index is 2.18. The van der Waals surface area contributed by atoms with Crippen molar-refractivity contribution in [1.82, 2.24) is 20.3 Å². The third-order valence-corrected chi connectivity index (χ3v) is 4.43. The fourth-order valence-electron chi connectivity index (χ4n) is 2.56. The van der Waals surface area contributed by atoms with Gasteiger partial charge in [0.25, 0.3) is 0 Å². The van der Waals surface area contributed by atoms with Crippen molar-refractivity contribution in [3.8, 4) is 0 Å². The van der Waals surface area contributed by atoms with Crippen LogP contribution in [0.5, 0.6) is 0 Å². The number of hydrogen-bond acceptors (Lipinski definition) is 4. The standard InChI is InChI=1S/C14H31N5O2S/c1-4-10-19-11-6-13(7-12-19)18-14(15-2)16-8-5-9-17-22(3,20)21/h13,17H,4-12H2,1-3H3,(H2,15,16,18). The van der Waals surface area contributed by atoms with E-state index in [1.807, 2.05) is 0 Å². The van der Waals surface area contributed by atoms with Crippen molar-refractivity contribution in [3.05, 3.63) is 0 Å². The third-order valence-electron chi connectivity index (χ3n) is 3.70. The van der Waals surface area contributed by atoms with Gasteiger partial charge in [-0.05, 0) is 32.2 Å². The summed E-state index contributed by atoms with van der Waals surface area (Å²) in [6.45, 7) is 6.82. The first-order chi connectivity index (χ1) is 10.4. The number of rotatable bonds is 8. The van der Waals surface area contributed by atoms with Gasteiger partial charge in [0.15, 0.2) is 5.96 Å². The molecule has 0 amide bonds. The summed E-state index contributed by atoms with van der Waals surface area (Å²) in [5.41, 5.74) is 0. The highest BCUT2D eigenvalue weighted by Gasteiger charge is 2.19. The smallest absolute Gasteiger partial charge is 0.208 e. The second kappa shape index (κ2) is 10.0. The van der Waals surface area contributed by atoms with Crippen LogP contribution >= 0.6 is 0 Å². The molecule has 22 heavy (non-hydrogen) atoms. The van der Waals surface area contributed by atoms with Gasteiger partial charge in [-0.15, -0.1) is 0 Å². The maximum atomic E-state index is 10.9. The van der Waals surface area contributed by atoms with E-state index in [2.05, 4.69) is 32.2 Å². The molecule has 0 atom stereocenters. The largest absolute Gasteiger partial charge is 0.356 e. The fraction of sp³-hybridized carbons (Fsp3) is 0.929. The van der Waals surface area contributed by atoms with Crippen LogP contribution in [0.15, 0.2) is 4.99 Å². The summed E-state index contributed by atoms with van der Waals surface area (Å²) >= 11 is 0. The van der Waals surface area contributed by atoms with E-state index in [-0.39, 0.29) is 0 Å². The Morgan fingerprint density at radius 3 is 2.50 bits per heavy atom. The topological polar surface area (TPSA) is 85.8 Å². The molecular weight excluding hydrogens is 302 g/mol. The molecule has 1 fully saturated rings. The molecule has 0 saturated carbocycles. The van der Waals surface area contributed by atoms with Crippen LogP contribution in [0, 0.1) is 0 Å². The van der Waals surface area contributed by atoms with Crippen LogP contribution in [0.25, 0.3) is 0 Å². The molecule has 0 spiro atoms. The van der Waals surface area contributed by atoms with E-state index in [1.54, 1.807) is 7.05 Å². The Morgan fingerprint density at radius 1 is 1.27 bits per heavy atom. The van der Waals surface area contributed by atoms with Gasteiger partial charge in [-0.25, -0.2) is 13.1 Å². The molecular formula is C14H31N5O2S. The quantitative estimate of drug-likeness (QED) is 0.330. The highest BCUT2D eigenvalue weighted by Crippen LogP contribution is 2.10. The molecule has 0 aromatic carbocycles. The molecule has 1 aliphatic heterocycles. The molecule has 0 radical (unpaired) electrons. The van der Waals surface area contributed by atoms with E-state index in [0.717, 1.165) is 38.3 Å². The number of aliphatic imine (C=N–C) groups is 1. The van der Waals surface area contributed by atoms with Gasteiger partial charge in [-0.2, -0.15) is 0 Å². The van der Waals surface area contributed by atoms with Crippen LogP contribution in [0.4, 0.5) is 0 Å². The summed E-state index contributed by atoms with van der Waals surface area (Å²) in [6.07, 6.45) is 5.38. The lowest BCUT2D eigenvalue weighted by atomic mass is 10.1. The summed E-state index contributed by atoms with van der Waals surface area (Å²) in [4.78, 5) is 6.73.